The summed E-state index contributed by atoms with van der Waals surface area (Å²) in [5, 5.41) is 6.27. The van der Waals surface area contributed by atoms with Gasteiger partial charge in [-0.1, -0.05) is 24.3 Å². The van der Waals surface area contributed by atoms with Gasteiger partial charge in [-0.3, -0.25) is 4.79 Å². The predicted octanol–water partition coefficient (Wildman–Crippen LogP) is 0.554. The molecule has 4 nitrogen and oxygen atoms in total. The smallest absolute Gasteiger partial charge is 0.237 e. The van der Waals surface area contributed by atoms with Crippen LogP contribution in [0.2, 0.25) is 0 Å². The zero-order valence-electron chi connectivity index (χ0n) is 11.1. The van der Waals surface area contributed by atoms with Crippen molar-refractivity contribution in [3.8, 4) is 0 Å². The number of rotatable bonds is 4. The molecular formula is C15H21N3O. The van der Waals surface area contributed by atoms with Crippen LogP contribution in [-0.4, -0.2) is 24.5 Å². The molecule has 0 radical (unpaired) electrons. The Kier molecular flexibility index (Phi) is 3.53. The highest BCUT2D eigenvalue weighted by Crippen LogP contribution is 2.31. The second-order valence-electron chi connectivity index (χ2n) is 5.65. The van der Waals surface area contributed by atoms with E-state index in [0.29, 0.717) is 12.5 Å². The number of amides is 1. The van der Waals surface area contributed by atoms with Crippen molar-refractivity contribution >= 4 is 5.91 Å². The Balaban J connectivity index is 1.53. The van der Waals surface area contributed by atoms with Gasteiger partial charge in [-0.25, -0.2) is 0 Å². The molecule has 1 aliphatic heterocycles. The zero-order valence-corrected chi connectivity index (χ0v) is 11.1. The molecule has 1 saturated carbocycles. The van der Waals surface area contributed by atoms with E-state index in [0.717, 1.165) is 13.0 Å². The van der Waals surface area contributed by atoms with Gasteiger partial charge >= 0.3 is 0 Å². The summed E-state index contributed by atoms with van der Waals surface area (Å²) in [7, 11) is 0. The lowest BCUT2D eigenvalue weighted by Gasteiger charge is -2.25. The second-order valence-corrected chi connectivity index (χ2v) is 5.65. The molecule has 0 saturated heterocycles. The maximum atomic E-state index is 12.1. The molecule has 2 unspecified atom stereocenters. The minimum absolute atomic E-state index is 0.0746. The molecule has 0 bridgehead atoms. The summed E-state index contributed by atoms with van der Waals surface area (Å²) in [6.07, 6.45) is 3.19. The molecule has 1 amide bonds. The van der Waals surface area contributed by atoms with E-state index in [1.165, 1.54) is 24.0 Å². The fourth-order valence-corrected chi connectivity index (χ4v) is 2.67. The van der Waals surface area contributed by atoms with Crippen LogP contribution in [0.1, 0.15) is 24.0 Å². The van der Waals surface area contributed by atoms with Crippen LogP contribution in [0.5, 0.6) is 0 Å². The SMILES string of the molecule is NC(CNC(=O)C1Cc2ccccc2CN1)C1CC1. The fraction of sp³-hybridized carbons (Fsp3) is 0.533. The monoisotopic (exact) mass is 259 g/mol. The van der Waals surface area contributed by atoms with Crippen LogP contribution in [0.25, 0.3) is 0 Å². The van der Waals surface area contributed by atoms with Crippen molar-refractivity contribution in [3.63, 3.8) is 0 Å². The summed E-state index contributed by atoms with van der Waals surface area (Å²) >= 11 is 0. The van der Waals surface area contributed by atoms with Gasteiger partial charge < -0.3 is 16.4 Å². The summed E-state index contributed by atoms with van der Waals surface area (Å²) in [6.45, 7) is 1.37. The molecule has 1 aromatic carbocycles. The highest BCUT2D eigenvalue weighted by Gasteiger charge is 2.29. The summed E-state index contributed by atoms with van der Waals surface area (Å²) < 4.78 is 0. The molecule has 2 atom stereocenters. The van der Waals surface area contributed by atoms with Crippen molar-refractivity contribution < 1.29 is 4.79 Å². The molecule has 1 aromatic rings. The van der Waals surface area contributed by atoms with Gasteiger partial charge in [-0.05, 0) is 36.3 Å². The van der Waals surface area contributed by atoms with E-state index in [1.807, 2.05) is 12.1 Å². The third kappa shape index (κ3) is 2.96. The molecule has 2 aliphatic rings. The number of carbonyl (C=O) groups is 1. The molecule has 19 heavy (non-hydrogen) atoms. The molecular weight excluding hydrogens is 238 g/mol. The third-order valence-corrected chi connectivity index (χ3v) is 4.14. The van der Waals surface area contributed by atoms with Gasteiger partial charge in [-0.2, -0.15) is 0 Å². The Hall–Kier alpha value is -1.39. The van der Waals surface area contributed by atoms with Crippen LogP contribution in [0.15, 0.2) is 24.3 Å². The molecule has 102 valence electrons. The molecule has 3 rings (SSSR count). The van der Waals surface area contributed by atoms with Gasteiger partial charge in [0.25, 0.3) is 0 Å². The molecule has 0 aromatic heterocycles. The maximum absolute atomic E-state index is 12.1. The van der Waals surface area contributed by atoms with E-state index < -0.39 is 0 Å². The average molecular weight is 259 g/mol. The van der Waals surface area contributed by atoms with Crippen LogP contribution >= 0.6 is 0 Å². The van der Waals surface area contributed by atoms with E-state index in [1.54, 1.807) is 0 Å². The van der Waals surface area contributed by atoms with Gasteiger partial charge in [0.2, 0.25) is 5.91 Å². The first-order valence-electron chi connectivity index (χ1n) is 7.07. The molecule has 4 heteroatoms. The van der Waals surface area contributed by atoms with Crippen LogP contribution in [0.3, 0.4) is 0 Å². The van der Waals surface area contributed by atoms with Gasteiger partial charge in [0.15, 0.2) is 0 Å². The van der Waals surface area contributed by atoms with E-state index >= 15 is 0 Å². The largest absolute Gasteiger partial charge is 0.353 e. The lowest BCUT2D eigenvalue weighted by Crippen LogP contribution is -2.50. The molecule has 1 fully saturated rings. The van der Waals surface area contributed by atoms with Gasteiger partial charge in [0.1, 0.15) is 0 Å². The Morgan fingerprint density at radius 3 is 2.84 bits per heavy atom. The van der Waals surface area contributed by atoms with E-state index in [4.69, 9.17) is 5.73 Å². The number of nitrogens with two attached hydrogens (primary N) is 1. The van der Waals surface area contributed by atoms with Gasteiger partial charge in [-0.15, -0.1) is 0 Å². The summed E-state index contributed by atoms with van der Waals surface area (Å²) in [5.41, 5.74) is 8.56. The minimum atomic E-state index is -0.124. The number of nitrogens with one attached hydrogen (secondary N) is 2. The average Bonchev–Trinajstić information content (AvgIpc) is 3.28. The Morgan fingerprint density at radius 1 is 1.37 bits per heavy atom. The number of fused-ring (bicyclic) bond motifs is 1. The standard InChI is InChI=1S/C15H21N3O/c16-13(10-5-6-10)9-18-15(19)14-7-11-3-1-2-4-12(11)8-17-14/h1-4,10,13-14,17H,5-9,16H2,(H,18,19). The first-order valence-corrected chi connectivity index (χ1v) is 7.07. The van der Waals surface area contributed by atoms with Crippen molar-refractivity contribution in [1.29, 1.82) is 0 Å². The molecule has 1 heterocycles. The van der Waals surface area contributed by atoms with Crippen molar-refractivity contribution in [3.05, 3.63) is 35.4 Å². The number of carbonyl (C=O) groups excluding carboxylic acids is 1. The lowest BCUT2D eigenvalue weighted by atomic mass is 9.95. The first kappa shape index (κ1) is 12.6. The fourth-order valence-electron chi connectivity index (χ4n) is 2.67. The highest BCUT2D eigenvalue weighted by atomic mass is 16.2. The quantitative estimate of drug-likeness (QED) is 0.740. The number of hydrogen-bond acceptors (Lipinski definition) is 3. The summed E-state index contributed by atoms with van der Waals surface area (Å²) in [4.78, 5) is 12.1. The van der Waals surface area contributed by atoms with E-state index in [2.05, 4.69) is 22.8 Å². The molecule has 4 N–H and O–H groups in total. The first-order chi connectivity index (χ1) is 9.24. The van der Waals surface area contributed by atoms with E-state index in [-0.39, 0.29) is 18.0 Å². The molecule has 0 spiro atoms. The summed E-state index contributed by atoms with van der Waals surface area (Å²) in [5.74, 6) is 0.700. The Labute approximate surface area is 113 Å². The van der Waals surface area contributed by atoms with Crippen LogP contribution in [-0.2, 0) is 17.8 Å². The number of benzene rings is 1. The predicted molar refractivity (Wildman–Crippen MR) is 74.5 cm³/mol. The van der Waals surface area contributed by atoms with Crippen molar-refractivity contribution in [2.24, 2.45) is 11.7 Å². The third-order valence-electron chi connectivity index (χ3n) is 4.14. The van der Waals surface area contributed by atoms with Crippen molar-refractivity contribution in [1.82, 2.24) is 10.6 Å². The Morgan fingerprint density at radius 2 is 2.11 bits per heavy atom. The van der Waals surface area contributed by atoms with Crippen LogP contribution in [0.4, 0.5) is 0 Å². The zero-order chi connectivity index (χ0) is 13.2. The maximum Gasteiger partial charge on any atom is 0.237 e. The Bertz CT molecular complexity index is 470. The minimum Gasteiger partial charge on any atom is -0.353 e. The summed E-state index contributed by atoms with van der Waals surface area (Å²) in [6, 6.07) is 8.28. The van der Waals surface area contributed by atoms with Crippen LogP contribution in [0, 0.1) is 5.92 Å². The second kappa shape index (κ2) is 5.31. The van der Waals surface area contributed by atoms with Crippen molar-refractivity contribution in [2.45, 2.75) is 37.9 Å². The number of hydrogen-bond donors (Lipinski definition) is 3. The van der Waals surface area contributed by atoms with E-state index in [9.17, 15) is 4.79 Å². The van der Waals surface area contributed by atoms with Gasteiger partial charge in [0, 0.05) is 19.1 Å². The lowest BCUT2D eigenvalue weighted by molar-refractivity contribution is -0.123. The van der Waals surface area contributed by atoms with Crippen LogP contribution < -0.4 is 16.4 Å². The molecule has 1 aliphatic carbocycles. The highest BCUT2D eigenvalue weighted by molar-refractivity contribution is 5.82. The normalized spacial score (nSPS) is 23.5. The topological polar surface area (TPSA) is 67.1 Å². The van der Waals surface area contributed by atoms with Gasteiger partial charge in [0.05, 0.1) is 6.04 Å². The van der Waals surface area contributed by atoms with Crippen molar-refractivity contribution in [2.75, 3.05) is 6.54 Å².